The largest absolute Gasteiger partial charge is 0.490 e. The molecule has 1 saturated heterocycles. The van der Waals surface area contributed by atoms with E-state index in [1.165, 1.54) is 12.1 Å². The Kier molecular flexibility index (Phi) is 9.24. The number of fused-ring (bicyclic) bond motifs is 1. The van der Waals surface area contributed by atoms with Gasteiger partial charge in [0.15, 0.2) is 0 Å². The van der Waals surface area contributed by atoms with E-state index >= 15 is 0 Å². The fourth-order valence-corrected chi connectivity index (χ4v) is 4.06. The van der Waals surface area contributed by atoms with Gasteiger partial charge in [0.25, 0.3) is 5.91 Å². The van der Waals surface area contributed by atoms with Crippen molar-refractivity contribution in [3.05, 3.63) is 107 Å². The van der Waals surface area contributed by atoms with Gasteiger partial charge >= 0.3 is 18.3 Å². The molecule has 2 N–H and O–H groups in total. The lowest BCUT2D eigenvalue weighted by molar-refractivity contribution is -0.192. The Labute approximate surface area is 246 Å². The summed E-state index contributed by atoms with van der Waals surface area (Å²) >= 11 is 0. The number of hydrogen-bond acceptors (Lipinski definition) is 5. The molecule has 44 heavy (non-hydrogen) atoms. The monoisotopic (exact) mass is 615 g/mol. The van der Waals surface area contributed by atoms with Gasteiger partial charge in [-0.05, 0) is 61.0 Å². The second kappa shape index (κ2) is 12.7. The van der Waals surface area contributed by atoms with Gasteiger partial charge in [0.05, 0.1) is 41.4 Å². The molecule has 4 aromatic rings. The Morgan fingerprint density at radius 3 is 2.18 bits per heavy atom. The van der Waals surface area contributed by atoms with Crippen molar-refractivity contribution in [2.75, 3.05) is 13.2 Å². The van der Waals surface area contributed by atoms with E-state index in [2.05, 4.69) is 27.1 Å². The Morgan fingerprint density at radius 1 is 0.955 bits per heavy atom. The lowest BCUT2D eigenvalue weighted by Crippen LogP contribution is -2.38. The zero-order chi connectivity index (χ0) is 32.1. The summed E-state index contributed by atoms with van der Waals surface area (Å²) in [6, 6.07) is 16.1. The summed E-state index contributed by atoms with van der Waals surface area (Å²) in [5, 5.41) is 10.9. The molecule has 2 aromatic heterocycles. The predicted molar refractivity (Wildman–Crippen MR) is 146 cm³/mol. The van der Waals surface area contributed by atoms with E-state index in [9.17, 15) is 31.1 Å². The van der Waals surface area contributed by atoms with Crippen molar-refractivity contribution < 1.29 is 45.8 Å². The highest BCUT2D eigenvalue weighted by molar-refractivity contribution is 5.98. The van der Waals surface area contributed by atoms with Crippen molar-refractivity contribution in [2.45, 2.75) is 25.3 Å². The normalized spacial score (nSPS) is 14.6. The molecule has 1 fully saturated rings. The highest BCUT2D eigenvalue weighted by atomic mass is 19.4. The second-order valence-electron chi connectivity index (χ2n) is 9.98. The van der Waals surface area contributed by atoms with Crippen LogP contribution in [0.15, 0.2) is 79.1 Å². The number of carbonyl (C=O) groups excluding carboxylic acids is 1. The number of rotatable bonds is 4. The van der Waals surface area contributed by atoms with E-state index < -0.39 is 35.8 Å². The van der Waals surface area contributed by atoms with Crippen molar-refractivity contribution in [3.63, 3.8) is 0 Å². The maximum Gasteiger partial charge on any atom is 0.490 e. The number of nitrogens with one attached hydrogen (secondary N) is 1. The van der Waals surface area contributed by atoms with Gasteiger partial charge in [-0.15, -0.1) is 0 Å². The molecule has 0 saturated carbocycles. The van der Waals surface area contributed by atoms with E-state index in [1.807, 2.05) is 13.0 Å². The van der Waals surface area contributed by atoms with Crippen molar-refractivity contribution in [2.24, 2.45) is 5.41 Å². The second-order valence-corrected chi connectivity index (χ2v) is 9.98. The quantitative estimate of drug-likeness (QED) is 0.210. The third-order valence-electron chi connectivity index (χ3n) is 6.41. The first-order valence-corrected chi connectivity index (χ1v) is 12.8. The minimum atomic E-state index is -5.08. The van der Waals surface area contributed by atoms with Gasteiger partial charge in [-0.2, -0.15) is 26.3 Å². The van der Waals surface area contributed by atoms with Crippen LogP contribution in [0, 0.1) is 17.3 Å². The van der Waals surface area contributed by atoms with Crippen LogP contribution in [0.2, 0.25) is 0 Å². The number of hydrogen-bond donors (Lipinski definition) is 2. The number of halogens is 6. The summed E-state index contributed by atoms with van der Waals surface area (Å²) in [7, 11) is 0. The molecule has 0 bridgehead atoms. The molecule has 3 heterocycles. The molecule has 7 nitrogen and oxygen atoms in total. The number of pyridine rings is 2. The zero-order valence-electron chi connectivity index (χ0n) is 22.8. The molecular formula is C31H23F6N3O4. The van der Waals surface area contributed by atoms with Gasteiger partial charge in [0, 0.05) is 28.9 Å². The number of carbonyl (C=O) groups is 2. The number of alkyl halides is 6. The molecule has 1 aliphatic heterocycles. The van der Waals surface area contributed by atoms with Crippen LogP contribution in [0.1, 0.15) is 45.7 Å². The first kappa shape index (κ1) is 32.0. The smallest absolute Gasteiger partial charge is 0.475 e. The summed E-state index contributed by atoms with van der Waals surface area (Å²) in [6.07, 6.45) is -6.32. The maximum atomic E-state index is 13.4. The molecule has 1 atom stereocenters. The predicted octanol–water partition coefficient (Wildman–Crippen LogP) is 6.19. The number of benzene rings is 2. The Hall–Kier alpha value is -4.96. The van der Waals surface area contributed by atoms with Gasteiger partial charge in [-0.1, -0.05) is 30.0 Å². The van der Waals surface area contributed by atoms with Crippen LogP contribution in [-0.2, 0) is 15.7 Å². The molecule has 1 amide bonds. The Morgan fingerprint density at radius 2 is 1.59 bits per heavy atom. The van der Waals surface area contributed by atoms with Gasteiger partial charge < -0.3 is 15.2 Å². The third kappa shape index (κ3) is 7.90. The molecule has 0 aliphatic carbocycles. The van der Waals surface area contributed by atoms with Crippen LogP contribution >= 0.6 is 0 Å². The highest BCUT2D eigenvalue weighted by Crippen LogP contribution is 2.32. The number of nitrogens with zero attached hydrogens (tertiary/aromatic N) is 2. The minimum absolute atomic E-state index is 0.278. The standard InChI is InChI=1S/C29H22F3N3O2.C2HF3O2/c1-28(17-37-18-28)13-12-19-4-2-15-34-25(19)26(20-6-9-23(10-7-20)29(30,31)32)35-27(36)22-8-11-24-21(16-22)5-3-14-33-24;3-2(4,5)1(6)7/h2-11,14-16,26H,17-18H2,1H3,(H,35,36);(H,6,7)/t26-;/m0./s1. The van der Waals surface area contributed by atoms with Crippen molar-refractivity contribution in [1.82, 2.24) is 15.3 Å². The Balaban J connectivity index is 0.000000566. The van der Waals surface area contributed by atoms with Crippen LogP contribution in [0.5, 0.6) is 0 Å². The topological polar surface area (TPSA) is 101 Å². The first-order chi connectivity index (χ1) is 20.7. The van der Waals surface area contributed by atoms with Crippen LogP contribution in [-0.4, -0.2) is 46.3 Å². The van der Waals surface area contributed by atoms with Crippen LogP contribution in [0.4, 0.5) is 26.3 Å². The summed E-state index contributed by atoms with van der Waals surface area (Å²) in [5.74, 6) is 3.20. The lowest BCUT2D eigenvalue weighted by Gasteiger charge is -2.32. The molecule has 13 heteroatoms. The fraction of sp³-hybridized carbons (Fsp3) is 0.226. The Bertz CT molecular complexity index is 1720. The summed E-state index contributed by atoms with van der Waals surface area (Å²) < 4.78 is 76.6. The number of ether oxygens (including phenoxy) is 1. The number of aromatic nitrogens is 2. The fourth-order valence-electron chi connectivity index (χ4n) is 4.06. The van der Waals surface area contributed by atoms with Gasteiger partial charge in [-0.3, -0.25) is 14.8 Å². The van der Waals surface area contributed by atoms with Crippen molar-refractivity contribution in [1.29, 1.82) is 0 Å². The molecule has 1 aliphatic rings. The van der Waals surface area contributed by atoms with Crippen molar-refractivity contribution >= 4 is 22.8 Å². The molecule has 0 radical (unpaired) electrons. The van der Waals surface area contributed by atoms with Crippen LogP contribution in [0.25, 0.3) is 10.9 Å². The molecule has 5 rings (SSSR count). The molecule has 2 aromatic carbocycles. The number of aliphatic carboxylic acids is 1. The van der Waals surface area contributed by atoms with Gasteiger partial charge in [-0.25, -0.2) is 4.79 Å². The van der Waals surface area contributed by atoms with Crippen LogP contribution in [0.3, 0.4) is 0 Å². The average Bonchev–Trinajstić information content (AvgIpc) is 2.97. The van der Waals surface area contributed by atoms with Gasteiger partial charge in [0.2, 0.25) is 0 Å². The highest BCUT2D eigenvalue weighted by Gasteiger charge is 2.38. The molecule has 228 valence electrons. The van der Waals surface area contributed by atoms with E-state index in [0.717, 1.165) is 23.0 Å². The minimum Gasteiger partial charge on any atom is -0.475 e. The summed E-state index contributed by atoms with van der Waals surface area (Å²) in [4.78, 5) is 31.0. The maximum absolute atomic E-state index is 13.4. The summed E-state index contributed by atoms with van der Waals surface area (Å²) in [6.45, 7) is 3.03. The average molecular weight is 616 g/mol. The molecule has 0 spiro atoms. The first-order valence-electron chi connectivity index (χ1n) is 12.8. The SMILES string of the molecule is CC1(C#Cc2cccnc2[C@@H](NC(=O)c2ccc3ncccc3c2)c2ccc(C(F)(F)F)cc2)COC1.O=C(O)C(F)(F)F. The van der Waals surface area contributed by atoms with E-state index in [1.54, 1.807) is 48.8 Å². The third-order valence-corrected chi connectivity index (χ3v) is 6.41. The zero-order valence-corrected chi connectivity index (χ0v) is 22.8. The molecular weight excluding hydrogens is 592 g/mol. The van der Waals surface area contributed by atoms with Crippen molar-refractivity contribution in [3.8, 4) is 11.8 Å². The van der Waals surface area contributed by atoms with E-state index in [0.29, 0.717) is 35.6 Å². The molecule has 0 unspecified atom stereocenters. The number of carboxylic acid groups (broad SMARTS) is 1. The lowest BCUT2D eigenvalue weighted by atomic mass is 9.89. The van der Waals surface area contributed by atoms with E-state index in [4.69, 9.17) is 14.6 Å². The van der Waals surface area contributed by atoms with Crippen LogP contribution < -0.4 is 5.32 Å². The van der Waals surface area contributed by atoms with E-state index in [-0.39, 0.29) is 5.41 Å². The number of carboxylic acids is 1. The van der Waals surface area contributed by atoms with Gasteiger partial charge in [0.1, 0.15) is 0 Å². The summed E-state index contributed by atoms with van der Waals surface area (Å²) in [5.41, 5.74) is 1.54. The number of amides is 1.